The minimum absolute atomic E-state index is 0.166. The maximum atomic E-state index is 5.94. The zero-order valence-electron chi connectivity index (χ0n) is 13.1. The number of nitrogens with one attached hydrogen (secondary N) is 1. The number of hydrogen-bond acceptors (Lipinski definition) is 3. The predicted octanol–water partition coefficient (Wildman–Crippen LogP) is 2.57. The van der Waals surface area contributed by atoms with Crippen molar-refractivity contribution in [2.75, 3.05) is 20.2 Å². The van der Waals surface area contributed by atoms with E-state index in [2.05, 4.69) is 44.6 Å². The maximum absolute atomic E-state index is 5.94. The Morgan fingerprint density at radius 2 is 2.11 bits per heavy atom. The van der Waals surface area contributed by atoms with Crippen LogP contribution in [0.2, 0.25) is 0 Å². The molecule has 4 heteroatoms. The second-order valence-corrected chi connectivity index (χ2v) is 6.83. The Hall–Kier alpha value is -1.03. The van der Waals surface area contributed by atoms with E-state index >= 15 is 0 Å². The van der Waals surface area contributed by atoms with Crippen LogP contribution in [0.3, 0.4) is 0 Å². The number of fused-ring (bicyclic) bond motifs is 1. The fraction of sp³-hybridized carbons (Fsp3) is 0.800. The molecule has 1 N–H and O–H groups in total. The van der Waals surface area contributed by atoms with Gasteiger partial charge in [-0.05, 0) is 19.9 Å². The summed E-state index contributed by atoms with van der Waals surface area (Å²) in [5.74, 6) is 1.97. The molecular weight excluding hydrogens is 238 g/mol. The van der Waals surface area contributed by atoms with E-state index in [4.69, 9.17) is 9.84 Å². The van der Waals surface area contributed by atoms with E-state index in [-0.39, 0.29) is 5.41 Å². The lowest BCUT2D eigenvalue weighted by Crippen LogP contribution is -2.33. The third-order valence-electron chi connectivity index (χ3n) is 3.93. The first-order valence-corrected chi connectivity index (χ1v) is 7.20. The number of rotatable bonds is 4. The Morgan fingerprint density at radius 1 is 1.42 bits per heavy atom. The highest BCUT2D eigenvalue weighted by atomic mass is 16.5. The summed E-state index contributed by atoms with van der Waals surface area (Å²) >= 11 is 0. The van der Waals surface area contributed by atoms with Crippen LogP contribution in [0.4, 0.5) is 0 Å². The van der Waals surface area contributed by atoms with Gasteiger partial charge >= 0.3 is 0 Å². The first-order valence-electron chi connectivity index (χ1n) is 7.20. The Kier molecular flexibility index (Phi) is 3.90. The molecule has 4 nitrogen and oxygen atoms in total. The van der Waals surface area contributed by atoms with Crippen LogP contribution in [0, 0.1) is 18.3 Å². The van der Waals surface area contributed by atoms with Crippen molar-refractivity contribution in [1.82, 2.24) is 15.1 Å². The van der Waals surface area contributed by atoms with Gasteiger partial charge in [0.1, 0.15) is 0 Å². The fourth-order valence-corrected chi connectivity index (χ4v) is 2.78. The van der Waals surface area contributed by atoms with Crippen molar-refractivity contribution < 1.29 is 4.74 Å². The summed E-state index contributed by atoms with van der Waals surface area (Å²) in [5.41, 5.74) is 2.57. The molecule has 0 spiro atoms. The van der Waals surface area contributed by atoms with Crippen molar-refractivity contribution in [3.8, 4) is 5.88 Å². The smallest absolute Gasteiger partial charge is 0.215 e. The molecule has 19 heavy (non-hydrogen) atoms. The molecule has 1 aromatic heterocycles. The highest BCUT2D eigenvalue weighted by molar-refractivity contribution is 5.34. The molecule has 0 saturated carbocycles. The molecule has 0 radical (unpaired) electrons. The molecule has 108 valence electrons. The van der Waals surface area contributed by atoms with Gasteiger partial charge in [-0.3, -0.25) is 0 Å². The van der Waals surface area contributed by atoms with Gasteiger partial charge in [0, 0.05) is 23.4 Å². The molecule has 1 aliphatic heterocycles. The fourth-order valence-electron chi connectivity index (χ4n) is 2.78. The summed E-state index contributed by atoms with van der Waals surface area (Å²) in [5, 5.41) is 8.12. The van der Waals surface area contributed by atoms with Gasteiger partial charge in [0.15, 0.2) is 0 Å². The summed E-state index contributed by atoms with van der Waals surface area (Å²) in [6, 6.07) is 0. The topological polar surface area (TPSA) is 39.1 Å². The predicted molar refractivity (Wildman–Crippen MR) is 77.7 cm³/mol. The van der Waals surface area contributed by atoms with Crippen molar-refractivity contribution in [3.63, 3.8) is 0 Å². The molecule has 0 bridgehead atoms. The normalized spacial score (nSPS) is 19.1. The van der Waals surface area contributed by atoms with Gasteiger partial charge in [0.05, 0.1) is 18.8 Å². The molecule has 1 aromatic rings. The van der Waals surface area contributed by atoms with E-state index in [1.165, 1.54) is 11.3 Å². The van der Waals surface area contributed by atoms with Crippen LogP contribution in [0.1, 0.15) is 44.9 Å². The Morgan fingerprint density at radius 3 is 2.68 bits per heavy atom. The van der Waals surface area contributed by atoms with Crippen molar-refractivity contribution in [2.24, 2.45) is 11.3 Å². The van der Waals surface area contributed by atoms with E-state index in [9.17, 15) is 0 Å². The van der Waals surface area contributed by atoms with Crippen LogP contribution < -0.4 is 10.1 Å². The van der Waals surface area contributed by atoms with Gasteiger partial charge in [-0.1, -0.05) is 27.7 Å². The Balaban J connectivity index is 2.36. The summed E-state index contributed by atoms with van der Waals surface area (Å²) in [4.78, 5) is 0. The van der Waals surface area contributed by atoms with Crippen LogP contribution in [-0.4, -0.2) is 30.0 Å². The molecule has 1 aliphatic rings. The van der Waals surface area contributed by atoms with Crippen LogP contribution in [-0.2, 0) is 6.54 Å². The highest BCUT2D eigenvalue weighted by Gasteiger charge is 2.32. The lowest BCUT2D eigenvalue weighted by Gasteiger charge is -2.30. The minimum atomic E-state index is 0.166. The van der Waals surface area contributed by atoms with Crippen molar-refractivity contribution in [2.45, 2.75) is 47.1 Å². The van der Waals surface area contributed by atoms with E-state index in [1.54, 1.807) is 0 Å². The minimum Gasteiger partial charge on any atom is -0.477 e. The monoisotopic (exact) mass is 265 g/mol. The number of aromatic nitrogens is 2. The SMILES string of the molecule is CNC[C@@H](c1nn2c(c1C)OCC(C)(C)C2)C(C)C. The van der Waals surface area contributed by atoms with E-state index < -0.39 is 0 Å². The van der Waals surface area contributed by atoms with Crippen LogP contribution in [0.25, 0.3) is 0 Å². The number of hydrogen-bond donors (Lipinski definition) is 1. The zero-order chi connectivity index (χ0) is 14.2. The largest absolute Gasteiger partial charge is 0.477 e. The van der Waals surface area contributed by atoms with Gasteiger partial charge < -0.3 is 10.1 Å². The molecule has 1 atom stereocenters. The first-order chi connectivity index (χ1) is 8.85. The lowest BCUT2D eigenvalue weighted by molar-refractivity contribution is 0.0995. The zero-order valence-corrected chi connectivity index (χ0v) is 13.1. The van der Waals surface area contributed by atoms with Gasteiger partial charge in [0.2, 0.25) is 5.88 Å². The van der Waals surface area contributed by atoms with E-state index in [0.29, 0.717) is 11.8 Å². The van der Waals surface area contributed by atoms with Crippen molar-refractivity contribution >= 4 is 0 Å². The number of likely N-dealkylation sites (N-methyl/N-ethyl adjacent to an activating group) is 1. The first kappa shape index (κ1) is 14.4. The van der Waals surface area contributed by atoms with Gasteiger partial charge in [-0.25, -0.2) is 4.68 Å². The molecule has 2 heterocycles. The molecule has 0 aromatic carbocycles. The second kappa shape index (κ2) is 5.16. The average molecular weight is 265 g/mol. The van der Waals surface area contributed by atoms with Crippen LogP contribution >= 0.6 is 0 Å². The molecular formula is C15H27N3O. The third-order valence-corrected chi connectivity index (χ3v) is 3.93. The molecule has 0 unspecified atom stereocenters. The number of nitrogens with zero attached hydrogens (tertiary/aromatic N) is 2. The van der Waals surface area contributed by atoms with Crippen LogP contribution in [0.5, 0.6) is 5.88 Å². The molecule has 0 saturated heterocycles. The third kappa shape index (κ3) is 2.78. The van der Waals surface area contributed by atoms with Crippen LogP contribution in [0.15, 0.2) is 0 Å². The quantitative estimate of drug-likeness (QED) is 0.909. The molecule has 2 rings (SSSR count). The molecule has 0 aliphatic carbocycles. The summed E-state index contributed by atoms with van der Waals surface area (Å²) in [6.45, 7) is 13.8. The van der Waals surface area contributed by atoms with Gasteiger partial charge in [-0.15, -0.1) is 0 Å². The van der Waals surface area contributed by atoms with Gasteiger partial charge in [-0.2, -0.15) is 5.10 Å². The van der Waals surface area contributed by atoms with Crippen molar-refractivity contribution in [3.05, 3.63) is 11.3 Å². The molecule has 0 fully saturated rings. The average Bonchev–Trinajstić information content (AvgIpc) is 2.61. The van der Waals surface area contributed by atoms with Gasteiger partial charge in [0.25, 0.3) is 0 Å². The standard InChI is InChI=1S/C15H27N3O/c1-10(2)12(7-16-6)13-11(3)14-18(17-13)8-15(4,5)9-19-14/h10,12,16H,7-9H2,1-6H3/t12-/m1/s1. The second-order valence-electron chi connectivity index (χ2n) is 6.83. The summed E-state index contributed by atoms with van der Waals surface area (Å²) < 4.78 is 7.99. The highest BCUT2D eigenvalue weighted by Crippen LogP contribution is 2.36. The van der Waals surface area contributed by atoms with Crippen molar-refractivity contribution in [1.29, 1.82) is 0 Å². The molecule has 0 amide bonds. The summed E-state index contributed by atoms with van der Waals surface area (Å²) in [6.07, 6.45) is 0. The number of ether oxygens (including phenoxy) is 1. The summed E-state index contributed by atoms with van der Waals surface area (Å²) in [7, 11) is 2.00. The Labute approximate surface area is 116 Å². The van der Waals surface area contributed by atoms with E-state index in [1.807, 2.05) is 7.05 Å². The Bertz CT molecular complexity index is 448. The lowest BCUT2D eigenvalue weighted by atomic mass is 9.90. The maximum Gasteiger partial charge on any atom is 0.215 e. The van der Waals surface area contributed by atoms with E-state index in [0.717, 1.165) is 25.6 Å².